The molecule has 3 N–H and O–H groups in total. The first-order valence-electron chi connectivity index (χ1n) is 6.68. The third-order valence-corrected chi connectivity index (χ3v) is 2.66. The van der Waals surface area contributed by atoms with Crippen LogP contribution in [0.2, 0.25) is 0 Å². The standard InChI is InChI=1S/C13H20N4O3/c18-12(19)7-3-1-2-4-8-14-13(20)15-10-11-6-5-9-16-17-11/h5-6,9H,1-4,7-8,10H2,(H,18,19)(H2,14,15,20). The highest BCUT2D eigenvalue weighted by molar-refractivity contribution is 5.73. The Hall–Kier alpha value is -2.18. The molecule has 0 radical (unpaired) electrons. The van der Waals surface area contributed by atoms with Gasteiger partial charge in [-0.1, -0.05) is 12.8 Å². The molecule has 1 rings (SSSR count). The van der Waals surface area contributed by atoms with Crippen molar-refractivity contribution in [3.05, 3.63) is 24.0 Å². The number of aliphatic carboxylic acids is 1. The van der Waals surface area contributed by atoms with Crippen molar-refractivity contribution in [2.45, 2.75) is 38.6 Å². The number of nitrogens with one attached hydrogen (secondary N) is 2. The molecule has 0 aliphatic rings. The van der Waals surface area contributed by atoms with Crippen molar-refractivity contribution < 1.29 is 14.7 Å². The van der Waals surface area contributed by atoms with E-state index in [-0.39, 0.29) is 12.5 Å². The van der Waals surface area contributed by atoms with Crippen molar-refractivity contribution in [3.8, 4) is 0 Å². The zero-order valence-electron chi connectivity index (χ0n) is 11.3. The lowest BCUT2D eigenvalue weighted by Crippen LogP contribution is -2.35. The number of carbonyl (C=O) groups is 2. The molecule has 20 heavy (non-hydrogen) atoms. The van der Waals surface area contributed by atoms with Crippen molar-refractivity contribution in [1.29, 1.82) is 0 Å². The van der Waals surface area contributed by atoms with E-state index < -0.39 is 5.97 Å². The van der Waals surface area contributed by atoms with Crippen LogP contribution in [0.5, 0.6) is 0 Å². The minimum Gasteiger partial charge on any atom is -0.481 e. The van der Waals surface area contributed by atoms with E-state index in [2.05, 4.69) is 20.8 Å². The quantitative estimate of drug-likeness (QED) is 0.592. The molecule has 0 saturated carbocycles. The molecule has 1 aromatic rings. The van der Waals surface area contributed by atoms with Gasteiger partial charge in [-0.2, -0.15) is 10.2 Å². The summed E-state index contributed by atoms with van der Waals surface area (Å²) in [7, 11) is 0. The minimum atomic E-state index is -0.758. The van der Waals surface area contributed by atoms with Gasteiger partial charge in [-0.25, -0.2) is 4.79 Å². The first-order chi connectivity index (χ1) is 9.68. The largest absolute Gasteiger partial charge is 0.481 e. The van der Waals surface area contributed by atoms with Crippen LogP contribution in [0.25, 0.3) is 0 Å². The van der Waals surface area contributed by atoms with Crippen LogP contribution in [0.4, 0.5) is 4.79 Å². The summed E-state index contributed by atoms with van der Waals surface area (Å²) < 4.78 is 0. The number of nitrogens with zero attached hydrogens (tertiary/aromatic N) is 2. The highest BCUT2D eigenvalue weighted by Crippen LogP contribution is 2.02. The molecular weight excluding hydrogens is 260 g/mol. The number of carboxylic acids is 1. The van der Waals surface area contributed by atoms with Crippen LogP contribution >= 0.6 is 0 Å². The van der Waals surface area contributed by atoms with E-state index in [9.17, 15) is 9.59 Å². The molecule has 7 nitrogen and oxygen atoms in total. The van der Waals surface area contributed by atoms with Crippen LogP contribution in [-0.2, 0) is 11.3 Å². The van der Waals surface area contributed by atoms with Crippen LogP contribution in [0, 0.1) is 0 Å². The summed E-state index contributed by atoms with van der Waals surface area (Å²) >= 11 is 0. The maximum atomic E-state index is 11.4. The van der Waals surface area contributed by atoms with E-state index in [1.165, 1.54) is 0 Å². The molecule has 0 aliphatic heterocycles. The van der Waals surface area contributed by atoms with Crippen molar-refractivity contribution in [2.75, 3.05) is 6.54 Å². The minimum absolute atomic E-state index is 0.214. The molecule has 0 aliphatic carbocycles. The SMILES string of the molecule is O=C(O)CCCCCCNC(=O)NCc1cccnn1. The van der Waals surface area contributed by atoms with Gasteiger partial charge >= 0.3 is 12.0 Å². The number of unbranched alkanes of at least 4 members (excludes halogenated alkanes) is 3. The number of hydrogen-bond acceptors (Lipinski definition) is 4. The average molecular weight is 280 g/mol. The van der Waals surface area contributed by atoms with Gasteiger partial charge in [0.1, 0.15) is 0 Å². The van der Waals surface area contributed by atoms with Gasteiger partial charge in [-0.3, -0.25) is 4.79 Å². The van der Waals surface area contributed by atoms with Crippen molar-refractivity contribution >= 4 is 12.0 Å². The van der Waals surface area contributed by atoms with Gasteiger partial charge in [0, 0.05) is 19.2 Å². The predicted octanol–water partition coefficient (Wildman–Crippen LogP) is 1.31. The molecule has 0 fully saturated rings. The number of rotatable bonds is 9. The van der Waals surface area contributed by atoms with Crippen LogP contribution in [0.3, 0.4) is 0 Å². The molecule has 0 bridgehead atoms. The van der Waals surface area contributed by atoms with Gasteiger partial charge in [0.15, 0.2) is 0 Å². The predicted molar refractivity (Wildman–Crippen MR) is 73.0 cm³/mol. The number of carboxylic acid groups (broad SMARTS) is 1. The second kappa shape index (κ2) is 9.71. The Morgan fingerprint density at radius 2 is 1.95 bits per heavy atom. The van der Waals surface area contributed by atoms with Crippen LogP contribution < -0.4 is 10.6 Å². The third kappa shape index (κ3) is 8.02. The maximum Gasteiger partial charge on any atom is 0.315 e. The summed E-state index contributed by atoms with van der Waals surface area (Å²) in [4.78, 5) is 21.7. The van der Waals surface area contributed by atoms with Crippen LogP contribution in [-0.4, -0.2) is 33.8 Å². The number of amides is 2. The van der Waals surface area contributed by atoms with E-state index in [1.54, 1.807) is 18.3 Å². The van der Waals surface area contributed by atoms with E-state index in [0.717, 1.165) is 19.3 Å². The van der Waals surface area contributed by atoms with Gasteiger partial charge in [-0.05, 0) is 25.0 Å². The fraction of sp³-hybridized carbons (Fsp3) is 0.538. The second-order valence-corrected chi connectivity index (χ2v) is 4.38. The molecular formula is C13H20N4O3. The van der Waals surface area contributed by atoms with Crippen LogP contribution in [0.1, 0.15) is 37.8 Å². The molecule has 1 heterocycles. The van der Waals surface area contributed by atoms with E-state index >= 15 is 0 Å². The summed E-state index contributed by atoms with van der Waals surface area (Å²) in [5.74, 6) is -0.758. The summed E-state index contributed by atoms with van der Waals surface area (Å²) in [5.41, 5.74) is 0.705. The second-order valence-electron chi connectivity index (χ2n) is 4.38. The Labute approximate surface area is 117 Å². The fourth-order valence-corrected chi connectivity index (χ4v) is 1.62. The highest BCUT2D eigenvalue weighted by Gasteiger charge is 2.01. The first kappa shape index (κ1) is 15.9. The number of aromatic nitrogens is 2. The average Bonchev–Trinajstić information content (AvgIpc) is 2.45. The summed E-state index contributed by atoms with van der Waals surface area (Å²) in [5, 5.41) is 21.5. The van der Waals surface area contributed by atoms with E-state index in [1.807, 2.05) is 0 Å². The van der Waals surface area contributed by atoms with Gasteiger partial charge in [0.2, 0.25) is 0 Å². The normalized spacial score (nSPS) is 10.0. The Balaban J connectivity index is 1.96. The van der Waals surface area contributed by atoms with E-state index in [0.29, 0.717) is 25.2 Å². The van der Waals surface area contributed by atoms with Gasteiger partial charge in [0.25, 0.3) is 0 Å². The topological polar surface area (TPSA) is 104 Å². The molecule has 0 saturated heterocycles. The number of carbonyl (C=O) groups excluding carboxylic acids is 1. The molecule has 0 aromatic carbocycles. The van der Waals surface area contributed by atoms with Crippen LogP contribution in [0.15, 0.2) is 18.3 Å². The molecule has 1 aromatic heterocycles. The van der Waals surface area contributed by atoms with E-state index in [4.69, 9.17) is 5.11 Å². The highest BCUT2D eigenvalue weighted by atomic mass is 16.4. The van der Waals surface area contributed by atoms with Gasteiger partial charge in [0.05, 0.1) is 12.2 Å². The molecule has 110 valence electrons. The Bertz CT molecular complexity index is 411. The smallest absolute Gasteiger partial charge is 0.315 e. The monoisotopic (exact) mass is 280 g/mol. The Kier molecular flexibility index (Phi) is 7.71. The zero-order chi connectivity index (χ0) is 14.6. The lowest BCUT2D eigenvalue weighted by molar-refractivity contribution is -0.137. The lowest BCUT2D eigenvalue weighted by Gasteiger charge is -2.06. The van der Waals surface area contributed by atoms with Crippen molar-refractivity contribution in [1.82, 2.24) is 20.8 Å². The zero-order valence-corrected chi connectivity index (χ0v) is 11.3. The lowest BCUT2D eigenvalue weighted by atomic mass is 10.1. The molecule has 0 spiro atoms. The third-order valence-electron chi connectivity index (χ3n) is 2.66. The Morgan fingerprint density at radius 1 is 1.15 bits per heavy atom. The molecule has 7 heteroatoms. The number of urea groups is 1. The maximum absolute atomic E-state index is 11.4. The first-order valence-corrected chi connectivity index (χ1v) is 6.68. The van der Waals surface area contributed by atoms with Crippen molar-refractivity contribution in [3.63, 3.8) is 0 Å². The molecule has 0 unspecified atom stereocenters. The van der Waals surface area contributed by atoms with Gasteiger partial charge in [-0.15, -0.1) is 0 Å². The summed E-state index contributed by atoms with van der Waals surface area (Å²) in [6.07, 6.45) is 5.11. The summed E-state index contributed by atoms with van der Waals surface area (Å²) in [6.45, 7) is 0.928. The Morgan fingerprint density at radius 3 is 2.65 bits per heavy atom. The fourth-order valence-electron chi connectivity index (χ4n) is 1.62. The van der Waals surface area contributed by atoms with Gasteiger partial charge < -0.3 is 15.7 Å². The summed E-state index contributed by atoms with van der Waals surface area (Å²) in [6, 6.07) is 3.32. The molecule has 0 atom stereocenters. The molecule has 2 amide bonds. The van der Waals surface area contributed by atoms with Crippen molar-refractivity contribution in [2.24, 2.45) is 0 Å². The number of hydrogen-bond donors (Lipinski definition) is 3.